The van der Waals surface area contributed by atoms with E-state index < -0.39 is 36.6 Å². The van der Waals surface area contributed by atoms with Gasteiger partial charge in [0.05, 0.1) is 0 Å². The number of carbonyl (C=O) groups excluding carboxylic acids is 4. The number of esters is 1. The highest BCUT2D eigenvalue weighted by atomic mass is 16.5. The molecule has 1 aliphatic heterocycles. The first kappa shape index (κ1) is 22.6. The van der Waals surface area contributed by atoms with E-state index in [2.05, 4.69) is 5.32 Å². The van der Waals surface area contributed by atoms with E-state index in [0.29, 0.717) is 17.9 Å². The zero-order valence-electron chi connectivity index (χ0n) is 18.1. The molecule has 0 aromatic carbocycles. The number of carbonyl (C=O) groups is 4. The molecule has 2 rings (SSSR count). The molecule has 0 bridgehead atoms. The number of rotatable bonds is 9. The quantitative estimate of drug-likeness (QED) is 0.387. The number of aryl methyl sites for hydroxylation is 1. The van der Waals surface area contributed by atoms with Crippen molar-refractivity contribution in [3.05, 3.63) is 23.0 Å². The summed E-state index contributed by atoms with van der Waals surface area (Å²) in [6.45, 7) is 11.3. The fraction of sp³-hybridized carbons (Fsp3) is 0.619. The highest BCUT2D eigenvalue weighted by Crippen LogP contribution is 2.24. The SMILES string of the molecule is CCn1c(C)cc(C(=O)COC(=O)CN2C(=O)N[C@](C)(CCC(C)C)C2=O)c1C. The summed E-state index contributed by atoms with van der Waals surface area (Å²) < 4.78 is 7.05. The lowest BCUT2D eigenvalue weighted by atomic mass is 9.92. The molecule has 1 atom stereocenters. The van der Waals surface area contributed by atoms with E-state index in [1.54, 1.807) is 13.0 Å². The van der Waals surface area contributed by atoms with Gasteiger partial charge in [-0.1, -0.05) is 13.8 Å². The molecule has 1 saturated heterocycles. The molecule has 0 unspecified atom stereocenters. The molecule has 160 valence electrons. The smallest absolute Gasteiger partial charge is 0.326 e. The van der Waals surface area contributed by atoms with Crippen LogP contribution in [0.1, 0.15) is 62.3 Å². The molecule has 0 radical (unpaired) electrons. The first-order chi connectivity index (χ1) is 13.5. The zero-order valence-corrected chi connectivity index (χ0v) is 18.1. The van der Waals surface area contributed by atoms with Gasteiger partial charge < -0.3 is 14.6 Å². The van der Waals surface area contributed by atoms with Crippen molar-refractivity contribution in [3.63, 3.8) is 0 Å². The van der Waals surface area contributed by atoms with Crippen LogP contribution in [-0.2, 0) is 20.9 Å². The van der Waals surface area contributed by atoms with Crippen LogP contribution in [0.5, 0.6) is 0 Å². The predicted octanol–water partition coefficient (Wildman–Crippen LogP) is 2.60. The maximum Gasteiger partial charge on any atom is 0.326 e. The van der Waals surface area contributed by atoms with Gasteiger partial charge in [0, 0.05) is 23.5 Å². The van der Waals surface area contributed by atoms with Gasteiger partial charge >= 0.3 is 12.0 Å². The Balaban J connectivity index is 1.95. The molecule has 0 aliphatic carbocycles. The van der Waals surface area contributed by atoms with E-state index in [4.69, 9.17) is 4.74 Å². The predicted molar refractivity (Wildman–Crippen MR) is 108 cm³/mol. The number of ether oxygens (including phenoxy) is 1. The molecular formula is C21H31N3O5. The number of Topliss-reactive ketones (excluding diaryl/α,β-unsaturated/α-hetero) is 1. The fourth-order valence-corrected chi connectivity index (χ4v) is 3.61. The Morgan fingerprint density at radius 3 is 2.45 bits per heavy atom. The van der Waals surface area contributed by atoms with Crippen molar-refractivity contribution in [1.29, 1.82) is 0 Å². The lowest BCUT2D eigenvalue weighted by Gasteiger charge is -2.22. The largest absolute Gasteiger partial charge is 0.456 e. The minimum absolute atomic E-state index is 0.315. The molecule has 8 nitrogen and oxygen atoms in total. The summed E-state index contributed by atoms with van der Waals surface area (Å²) in [5.74, 6) is -1.17. The van der Waals surface area contributed by atoms with Crippen molar-refractivity contribution in [3.8, 4) is 0 Å². The Labute approximate surface area is 171 Å². The molecule has 1 aromatic heterocycles. The summed E-state index contributed by atoms with van der Waals surface area (Å²) in [5.41, 5.74) is 1.27. The van der Waals surface area contributed by atoms with Gasteiger partial charge in [0.25, 0.3) is 5.91 Å². The van der Waals surface area contributed by atoms with Crippen molar-refractivity contribution in [1.82, 2.24) is 14.8 Å². The summed E-state index contributed by atoms with van der Waals surface area (Å²) in [6.07, 6.45) is 1.26. The molecule has 3 amide bonds. The normalized spacial score (nSPS) is 19.1. The lowest BCUT2D eigenvalue weighted by molar-refractivity contribution is -0.146. The highest BCUT2D eigenvalue weighted by molar-refractivity contribution is 6.08. The summed E-state index contributed by atoms with van der Waals surface area (Å²) in [5, 5.41) is 2.66. The Bertz CT molecular complexity index is 827. The van der Waals surface area contributed by atoms with Gasteiger partial charge in [-0.3, -0.25) is 19.3 Å². The second kappa shape index (κ2) is 8.80. The molecule has 0 saturated carbocycles. The van der Waals surface area contributed by atoms with Crippen LogP contribution in [0.25, 0.3) is 0 Å². The summed E-state index contributed by atoms with van der Waals surface area (Å²) in [6, 6.07) is 1.16. The third kappa shape index (κ3) is 4.86. The monoisotopic (exact) mass is 405 g/mol. The average molecular weight is 405 g/mol. The second-order valence-corrected chi connectivity index (χ2v) is 8.20. The Morgan fingerprint density at radius 1 is 1.24 bits per heavy atom. The van der Waals surface area contributed by atoms with Crippen LogP contribution < -0.4 is 5.32 Å². The number of aromatic nitrogens is 1. The number of hydrogen-bond donors (Lipinski definition) is 1. The van der Waals surface area contributed by atoms with Gasteiger partial charge in [-0.2, -0.15) is 0 Å². The number of urea groups is 1. The zero-order chi connectivity index (χ0) is 21.9. The Morgan fingerprint density at radius 2 is 1.90 bits per heavy atom. The minimum Gasteiger partial charge on any atom is -0.456 e. The van der Waals surface area contributed by atoms with Gasteiger partial charge in [0.15, 0.2) is 6.61 Å². The van der Waals surface area contributed by atoms with Crippen molar-refractivity contribution in [2.75, 3.05) is 13.2 Å². The van der Waals surface area contributed by atoms with Crippen molar-refractivity contribution in [2.45, 2.75) is 66.5 Å². The first-order valence-electron chi connectivity index (χ1n) is 9.99. The molecule has 0 spiro atoms. The van der Waals surface area contributed by atoms with Crippen LogP contribution in [0.3, 0.4) is 0 Å². The topological polar surface area (TPSA) is 97.7 Å². The maximum atomic E-state index is 12.6. The van der Waals surface area contributed by atoms with Crippen LogP contribution >= 0.6 is 0 Å². The summed E-state index contributed by atoms with van der Waals surface area (Å²) in [4.78, 5) is 50.2. The Kier molecular flexibility index (Phi) is 6.87. The molecule has 1 fully saturated rings. The van der Waals surface area contributed by atoms with Crippen LogP contribution in [0.4, 0.5) is 4.79 Å². The third-order valence-electron chi connectivity index (χ3n) is 5.41. The molecule has 8 heteroatoms. The number of hydrogen-bond acceptors (Lipinski definition) is 5. The highest BCUT2D eigenvalue weighted by Gasteiger charge is 2.48. The molecule has 1 aliphatic rings. The van der Waals surface area contributed by atoms with Crippen LogP contribution in [0, 0.1) is 19.8 Å². The van der Waals surface area contributed by atoms with Crippen LogP contribution in [0.2, 0.25) is 0 Å². The van der Waals surface area contributed by atoms with E-state index >= 15 is 0 Å². The summed E-state index contributed by atoms with van der Waals surface area (Å²) in [7, 11) is 0. The number of imide groups is 1. The number of ketones is 1. The van der Waals surface area contributed by atoms with E-state index in [1.165, 1.54) is 0 Å². The maximum absolute atomic E-state index is 12.6. The van der Waals surface area contributed by atoms with Crippen LogP contribution in [0.15, 0.2) is 6.07 Å². The second-order valence-electron chi connectivity index (χ2n) is 8.20. The molecule has 2 heterocycles. The first-order valence-corrected chi connectivity index (χ1v) is 9.99. The minimum atomic E-state index is -1.02. The molecule has 1 N–H and O–H groups in total. The molecular weight excluding hydrogens is 374 g/mol. The molecule has 1 aromatic rings. The van der Waals surface area contributed by atoms with Gasteiger partial charge in [0.2, 0.25) is 5.78 Å². The van der Waals surface area contributed by atoms with Gasteiger partial charge in [-0.05, 0) is 52.5 Å². The van der Waals surface area contributed by atoms with Gasteiger partial charge in [0.1, 0.15) is 12.1 Å². The molecule has 29 heavy (non-hydrogen) atoms. The number of nitrogens with one attached hydrogen (secondary N) is 1. The van der Waals surface area contributed by atoms with Crippen molar-refractivity contribution >= 4 is 23.7 Å². The van der Waals surface area contributed by atoms with Crippen molar-refractivity contribution < 1.29 is 23.9 Å². The average Bonchev–Trinajstić information content (AvgIpc) is 3.05. The van der Waals surface area contributed by atoms with E-state index in [0.717, 1.165) is 29.3 Å². The standard InChI is InChI=1S/C21H31N3O5/c1-7-23-14(4)10-16(15(23)5)17(25)12-29-18(26)11-24-19(27)21(6,22-20(24)28)9-8-13(2)3/h10,13H,7-9,11-12H2,1-6H3,(H,22,28)/t21-/m1/s1. The fourth-order valence-electron chi connectivity index (χ4n) is 3.61. The Hall–Kier alpha value is -2.64. The number of nitrogens with zero attached hydrogens (tertiary/aromatic N) is 2. The van der Waals surface area contributed by atoms with E-state index in [-0.39, 0.29) is 5.78 Å². The third-order valence-corrected chi connectivity index (χ3v) is 5.41. The van der Waals surface area contributed by atoms with E-state index in [9.17, 15) is 19.2 Å². The van der Waals surface area contributed by atoms with Crippen molar-refractivity contribution in [2.24, 2.45) is 5.92 Å². The van der Waals surface area contributed by atoms with Crippen LogP contribution in [-0.4, -0.2) is 51.8 Å². The van der Waals surface area contributed by atoms with Gasteiger partial charge in [-0.25, -0.2) is 4.79 Å². The van der Waals surface area contributed by atoms with Gasteiger partial charge in [-0.15, -0.1) is 0 Å². The van der Waals surface area contributed by atoms with E-state index in [1.807, 2.05) is 39.2 Å². The lowest BCUT2D eigenvalue weighted by Crippen LogP contribution is -2.44. The summed E-state index contributed by atoms with van der Waals surface area (Å²) >= 11 is 0. The number of amides is 3.